The Bertz CT molecular complexity index is 964. The topological polar surface area (TPSA) is 69.9 Å². The van der Waals surface area contributed by atoms with Crippen molar-refractivity contribution < 1.29 is 28.8 Å². The van der Waals surface area contributed by atoms with Gasteiger partial charge in [-0.1, -0.05) is 48.0 Å². The van der Waals surface area contributed by atoms with Crippen LogP contribution >= 0.6 is 23.4 Å². The van der Waals surface area contributed by atoms with Crippen molar-refractivity contribution in [3.05, 3.63) is 75.5 Å². The molecule has 1 aliphatic heterocycles. The molecule has 1 unspecified atom stereocenters. The van der Waals surface area contributed by atoms with Crippen LogP contribution < -0.4 is 0 Å². The monoisotopic (exact) mass is 511 g/mol. The van der Waals surface area contributed by atoms with Crippen molar-refractivity contribution in [3.63, 3.8) is 0 Å². The number of hydrogen-bond acceptors (Lipinski definition) is 5. The first-order valence-electron chi connectivity index (χ1n) is 11.5. The van der Waals surface area contributed by atoms with Crippen LogP contribution in [0, 0.1) is 5.75 Å². The van der Waals surface area contributed by atoms with Crippen LogP contribution in [0.3, 0.4) is 0 Å². The number of rotatable bonds is 6. The maximum absolute atomic E-state index is 13.5. The lowest BCUT2D eigenvalue weighted by Gasteiger charge is -2.37. The molecule has 0 spiro atoms. The molecule has 0 amide bonds. The number of aliphatic hydroxyl groups is 3. The molecule has 2 aliphatic rings. The Balaban J connectivity index is 1.48. The maximum atomic E-state index is 13.5. The van der Waals surface area contributed by atoms with Crippen LogP contribution in [0.5, 0.6) is 0 Å². The van der Waals surface area contributed by atoms with E-state index in [1.807, 2.05) is 36.6 Å². The minimum absolute atomic E-state index is 0.0573. The van der Waals surface area contributed by atoms with Crippen LogP contribution in [0.2, 0.25) is 5.02 Å². The third-order valence-electron chi connectivity index (χ3n) is 6.88. The molecule has 1 aliphatic carbocycles. The molecule has 34 heavy (non-hydrogen) atoms. The summed E-state index contributed by atoms with van der Waals surface area (Å²) in [4.78, 5) is 0. The first-order valence-corrected chi connectivity index (χ1v) is 13.2. The summed E-state index contributed by atoms with van der Waals surface area (Å²) >= 11 is 7.83. The highest BCUT2D eigenvalue weighted by Gasteiger charge is 2.48. The van der Waals surface area contributed by atoms with Crippen molar-refractivity contribution in [3.8, 4) is 0 Å². The van der Waals surface area contributed by atoms with E-state index in [9.17, 15) is 24.1 Å². The zero-order valence-corrected chi connectivity index (χ0v) is 20.5. The zero-order valence-electron chi connectivity index (χ0n) is 18.9. The van der Waals surface area contributed by atoms with Crippen LogP contribution in [0.15, 0.2) is 42.5 Å². The average molecular weight is 512 g/mol. The second-order valence-electron chi connectivity index (χ2n) is 9.26. The van der Waals surface area contributed by atoms with Crippen molar-refractivity contribution >= 4 is 23.4 Å². The maximum Gasteiger partial charge on any atom is 0.248 e. The first-order chi connectivity index (χ1) is 16.2. The van der Waals surface area contributed by atoms with Crippen molar-refractivity contribution in [1.82, 2.24) is 0 Å². The van der Waals surface area contributed by atoms with Gasteiger partial charge in [0, 0.05) is 24.1 Å². The molecule has 2 aromatic rings. The number of thioether (sulfide) groups is 1. The smallest absolute Gasteiger partial charge is 0.248 e. The Morgan fingerprint density at radius 1 is 1.00 bits per heavy atom. The van der Waals surface area contributed by atoms with Gasteiger partial charge in [0.15, 0.2) is 11.9 Å². The lowest BCUT2D eigenvalue weighted by molar-refractivity contribution is -0.213. The standard InChI is InChI=1S/C26H30ClF2O4S/c1-34-14-21-22(30)23(31)24(32)25(33-21)18-6-7-20(27)19(13-18)12-15-2-4-16(5-3-15)17-8-10-26(28,29)11-9-17/h2-7,13-14,17,21-25,30-32H,8-12H2,1H3/q+1/t21?,22-,23+,24-,25+/m1/s1. The highest BCUT2D eigenvalue weighted by Crippen LogP contribution is 2.41. The summed E-state index contributed by atoms with van der Waals surface area (Å²) in [5.74, 6) is -0.674. The van der Waals surface area contributed by atoms with Crippen LogP contribution in [0.4, 0.5) is 8.78 Å². The fourth-order valence-corrected chi connectivity index (χ4v) is 5.51. The molecule has 0 aromatic heterocycles. The van der Waals surface area contributed by atoms with Gasteiger partial charge in [0.05, 0.1) is 11.8 Å². The summed E-state index contributed by atoms with van der Waals surface area (Å²) in [6.45, 7) is 0. The van der Waals surface area contributed by atoms with Crippen molar-refractivity contribution in [2.24, 2.45) is 0 Å². The van der Waals surface area contributed by atoms with Crippen molar-refractivity contribution in [1.29, 1.82) is 0 Å². The second kappa shape index (κ2) is 10.7. The molecule has 0 bridgehead atoms. The minimum Gasteiger partial charge on any atom is -0.387 e. The van der Waals surface area contributed by atoms with E-state index in [-0.39, 0.29) is 18.8 Å². The number of aliphatic hydroxyl groups excluding tert-OH is 3. The Labute approximate surface area is 208 Å². The van der Waals surface area contributed by atoms with Gasteiger partial charge in [-0.2, -0.15) is 0 Å². The van der Waals surface area contributed by atoms with E-state index in [0.29, 0.717) is 29.8 Å². The van der Waals surface area contributed by atoms with E-state index < -0.39 is 36.4 Å². The molecule has 1 saturated heterocycles. The van der Waals surface area contributed by atoms with Gasteiger partial charge in [-0.3, -0.25) is 0 Å². The van der Waals surface area contributed by atoms with Gasteiger partial charge >= 0.3 is 0 Å². The van der Waals surface area contributed by atoms with E-state index in [2.05, 4.69) is 0 Å². The van der Waals surface area contributed by atoms with E-state index in [1.165, 1.54) is 11.8 Å². The molecule has 3 N–H and O–H groups in total. The largest absolute Gasteiger partial charge is 0.387 e. The molecule has 2 aromatic carbocycles. The fraction of sp³-hybridized carbons (Fsp3) is 0.500. The third-order valence-corrected chi connectivity index (χ3v) is 7.79. The van der Waals surface area contributed by atoms with Gasteiger partial charge in [-0.15, -0.1) is 0 Å². The molecule has 4 nitrogen and oxygen atoms in total. The predicted molar refractivity (Wildman–Crippen MR) is 130 cm³/mol. The molecule has 1 saturated carbocycles. The Hall–Kier alpha value is -1.35. The lowest BCUT2D eigenvalue weighted by atomic mass is 9.82. The zero-order chi connectivity index (χ0) is 24.5. The summed E-state index contributed by atoms with van der Waals surface area (Å²) in [5.41, 5.74) is 3.61. The normalized spacial score (nSPS) is 29.7. The van der Waals surface area contributed by atoms with Crippen molar-refractivity contribution in [2.75, 3.05) is 6.26 Å². The molecule has 5 atom stereocenters. The van der Waals surface area contributed by atoms with Crippen LogP contribution in [0.25, 0.3) is 0 Å². The average Bonchev–Trinajstić information content (AvgIpc) is 2.82. The van der Waals surface area contributed by atoms with Crippen LogP contribution in [-0.2, 0) is 11.2 Å². The summed E-state index contributed by atoms with van der Waals surface area (Å²) in [6, 6.07) is 13.4. The van der Waals surface area contributed by atoms with E-state index in [4.69, 9.17) is 16.3 Å². The Morgan fingerprint density at radius 2 is 1.65 bits per heavy atom. The van der Waals surface area contributed by atoms with Gasteiger partial charge in [0.2, 0.25) is 12.0 Å². The Morgan fingerprint density at radius 3 is 2.29 bits per heavy atom. The number of hydrogen-bond donors (Lipinski definition) is 3. The molecule has 184 valence electrons. The SMILES string of the molecule is CS[CH+]C1O[C@@H](c2ccc(Cl)c(Cc3ccc(C4CCC(F)(F)CC4)cc3)c2)[C@H](O)[C@@H](O)[C@@H]1O. The van der Waals surface area contributed by atoms with Crippen LogP contribution in [0.1, 0.15) is 60.0 Å². The highest BCUT2D eigenvalue weighted by molar-refractivity contribution is 8.00. The molecule has 8 heteroatoms. The molecule has 1 heterocycles. The fourth-order valence-electron chi connectivity index (χ4n) is 4.84. The number of alkyl halides is 2. The lowest BCUT2D eigenvalue weighted by Crippen LogP contribution is -2.54. The van der Waals surface area contributed by atoms with E-state index >= 15 is 0 Å². The van der Waals surface area contributed by atoms with Gasteiger partial charge in [-0.25, -0.2) is 8.78 Å². The number of ether oxygens (including phenoxy) is 1. The molecule has 2 fully saturated rings. The first kappa shape index (κ1) is 25.7. The van der Waals surface area contributed by atoms with Crippen molar-refractivity contribution in [2.45, 2.75) is 74.5 Å². The molecular formula is C26H30ClF2O4S+. The predicted octanol–water partition coefficient (Wildman–Crippen LogP) is 5.27. The minimum atomic E-state index is -2.53. The van der Waals surface area contributed by atoms with Gasteiger partial charge < -0.3 is 20.1 Å². The van der Waals surface area contributed by atoms with Gasteiger partial charge in [-0.05, 0) is 53.5 Å². The van der Waals surface area contributed by atoms with E-state index in [1.54, 1.807) is 17.9 Å². The van der Waals surface area contributed by atoms with Gasteiger partial charge in [0.1, 0.15) is 18.3 Å². The van der Waals surface area contributed by atoms with E-state index in [0.717, 1.165) is 16.7 Å². The third kappa shape index (κ3) is 5.72. The summed E-state index contributed by atoms with van der Waals surface area (Å²) in [5, 5.41) is 31.6. The quantitative estimate of drug-likeness (QED) is 0.461. The van der Waals surface area contributed by atoms with Crippen LogP contribution in [-0.4, -0.2) is 51.9 Å². The number of benzene rings is 2. The summed E-state index contributed by atoms with van der Waals surface area (Å²) in [6.07, 6.45) is -2.09. The Kier molecular flexibility index (Phi) is 8.12. The summed E-state index contributed by atoms with van der Waals surface area (Å²) in [7, 11) is 0. The molecule has 0 radical (unpaired) electrons. The molecule has 4 rings (SSSR count). The number of halogens is 3. The second-order valence-corrected chi connectivity index (χ2v) is 10.4. The summed E-state index contributed by atoms with van der Waals surface area (Å²) < 4.78 is 32.8. The highest BCUT2D eigenvalue weighted by atomic mass is 35.5. The molecular weight excluding hydrogens is 482 g/mol. The van der Waals surface area contributed by atoms with Gasteiger partial charge in [0.25, 0.3) is 0 Å².